The van der Waals surface area contributed by atoms with Crippen LogP contribution in [0.15, 0.2) is 78.9 Å². The molecule has 0 N–H and O–H groups in total. The van der Waals surface area contributed by atoms with Gasteiger partial charge in [-0.25, -0.2) is 9.97 Å². The molecule has 0 radical (unpaired) electrons. The molecule has 2 heteroatoms. The average Bonchev–Trinajstić information content (AvgIpc) is 2.68. The fourth-order valence-electron chi connectivity index (χ4n) is 3.17. The maximum atomic E-state index is 4.94. The summed E-state index contributed by atoms with van der Waals surface area (Å²) in [7, 11) is 0. The summed E-state index contributed by atoms with van der Waals surface area (Å²) in [4.78, 5) is 9.87. The minimum atomic E-state index is 0.408. The molecular formula is C23H20N2. The van der Waals surface area contributed by atoms with Crippen molar-refractivity contribution in [3.05, 3.63) is 84.4 Å². The summed E-state index contributed by atoms with van der Waals surface area (Å²) in [6, 6.07) is 27.0. The van der Waals surface area contributed by atoms with Gasteiger partial charge in [0.05, 0.1) is 11.2 Å². The van der Waals surface area contributed by atoms with Crippen LogP contribution in [0.1, 0.15) is 25.3 Å². The Morgan fingerprint density at radius 3 is 1.92 bits per heavy atom. The average molecular weight is 324 g/mol. The first kappa shape index (κ1) is 15.5. The Hall–Kier alpha value is -3.00. The number of hydrogen-bond donors (Lipinski definition) is 0. The van der Waals surface area contributed by atoms with Crippen LogP contribution in [0.3, 0.4) is 0 Å². The molecular weight excluding hydrogens is 304 g/mol. The number of para-hydroxylation sites is 1. The molecule has 0 amide bonds. The molecule has 0 aliphatic carbocycles. The Bertz CT molecular complexity index is 1010. The molecule has 4 rings (SSSR count). The molecule has 4 aromatic rings. The Labute approximate surface area is 148 Å². The van der Waals surface area contributed by atoms with Crippen molar-refractivity contribution in [3.63, 3.8) is 0 Å². The molecule has 122 valence electrons. The highest BCUT2D eigenvalue weighted by Gasteiger charge is 2.14. The molecule has 0 unspecified atom stereocenters. The van der Waals surface area contributed by atoms with E-state index < -0.39 is 0 Å². The van der Waals surface area contributed by atoms with Gasteiger partial charge in [-0.05, 0) is 11.5 Å². The van der Waals surface area contributed by atoms with Crippen LogP contribution in [-0.2, 0) is 0 Å². The van der Waals surface area contributed by atoms with E-state index in [0.717, 1.165) is 33.5 Å². The van der Waals surface area contributed by atoms with E-state index in [1.165, 1.54) is 5.56 Å². The van der Waals surface area contributed by atoms with E-state index in [1.54, 1.807) is 0 Å². The molecule has 3 aromatic carbocycles. The van der Waals surface area contributed by atoms with Crippen molar-refractivity contribution < 1.29 is 0 Å². The predicted octanol–water partition coefficient (Wildman–Crippen LogP) is 6.09. The van der Waals surface area contributed by atoms with Gasteiger partial charge in [-0.3, -0.25) is 0 Å². The van der Waals surface area contributed by atoms with Crippen LogP contribution in [0.5, 0.6) is 0 Å². The Morgan fingerprint density at radius 1 is 0.640 bits per heavy atom. The van der Waals surface area contributed by atoms with Crippen molar-refractivity contribution in [2.45, 2.75) is 19.8 Å². The van der Waals surface area contributed by atoms with Crippen molar-refractivity contribution in [1.82, 2.24) is 9.97 Å². The summed E-state index contributed by atoms with van der Waals surface area (Å²) < 4.78 is 0. The second-order valence-electron chi connectivity index (χ2n) is 6.53. The van der Waals surface area contributed by atoms with Gasteiger partial charge < -0.3 is 0 Å². The minimum absolute atomic E-state index is 0.408. The second-order valence-corrected chi connectivity index (χ2v) is 6.53. The maximum Gasteiger partial charge on any atom is 0.160 e. The van der Waals surface area contributed by atoms with Crippen LogP contribution in [0.2, 0.25) is 0 Å². The minimum Gasteiger partial charge on any atom is -0.228 e. The standard InChI is InChI=1S/C23H20N2/c1-16(2)19-14-9-15-20-21(17-10-5-3-6-11-17)24-23(25-22(19)20)18-12-7-4-8-13-18/h3-16H,1-2H3. The zero-order chi connectivity index (χ0) is 17.2. The van der Waals surface area contributed by atoms with Crippen LogP contribution in [0.25, 0.3) is 33.5 Å². The van der Waals surface area contributed by atoms with E-state index in [1.807, 2.05) is 24.3 Å². The largest absolute Gasteiger partial charge is 0.228 e. The SMILES string of the molecule is CC(C)c1cccc2c(-c3ccccc3)nc(-c3ccccc3)nc12. The molecule has 0 saturated carbocycles. The fraction of sp³-hybridized carbons (Fsp3) is 0.130. The van der Waals surface area contributed by atoms with Crippen molar-refractivity contribution in [1.29, 1.82) is 0 Å². The number of rotatable bonds is 3. The van der Waals surface area contributed by atoms with Crippen molar-refractivity contribution in [2.75, 3.05) is 0 Å². The first-order valence-electron chi connectivity index (χ1n) is 8.65. The fourth-order valence-corrected chi connectivity index (χ4v) is 3.17. The van der Waals surface area contributed by atoms with Crippen LogP contribution in [0, 0.1) is 0 Å². The van der Waals surface area contributed by atoms with Crippen molar-refractivity contribution in [2.24, 2.45) is 0 Å². The summed E-state index contributed by atoms with van der Waals surface area (Å²) in [5.41, 5.74) is 5.46. The first-order valence-corrected chi connectivity index (χ1v) is 8.65. The van der Waals surface area contributed by atoms with Crippen molar-refractivity contribution in [3.8, 4) is 22.6 Å². The van der Waals surface area contributed by atoms with E-state index in [0.29, 0.717) is 5.92 Å². The molecule has 25 heavy (non-hydrogen) atoms. The summed E-state index contributed by atoms with van der Waals surface area (Å²) in [6.07, 6.45) is 0. The van der Waals surface area contributed by atoms with E-state index >= 15 is 0 Å². The number of benzene rings is 3. The Kier molecular flexibility index (Phi) is 4.02. The van der Waals surface area contributed by atoms with Crippen LogP contribution < -0.4 is 0 Å². The van der Waals surface area contributed by atoms with Gasteiger partial charge in [-0.2, -0.15) is 0 Å². The van der Waals surface area contributed by atoms with Gasteiger partial charge >= 0.3 is 0 Å². The van der Waals surface area contributed by atoms with Gasteiger partial charge in [0.2, 0.25) is 0 Å². The number of aromatic nitrogens is 2. The third-order valence-corrected chi connectivity index (χ3v) is 4.46. The number of hydrogen-bond acceptors (Lipinski definition) is 2. The first-order chi connectivity index (χ1) is 12.2. The second kappa shape index (κ2) is 6.48. The highest BCUT2D eigenvalue weighted by atomic mass is 14.9. The third-order valence-electron chi connectivity index (χ3n) is 4.46. The molecule has 0 atom stereocenters. The van der Waals surface area contributed by atoms with Crippen LogP contribution >= 0.6 is 0 Å². The lowest BCUT2D eigenvalue weighted by molar-refractivity contribution is 0.872. The quantitative estimate of drug-likeness (QED) is 0.456. The van der Waals surface area contributed by atoms with E-state index in [2.05, 4.69) is 68.4 Å². The van der Waals surface area contributed by atoms with E-state index in [4.69, 9.17) is 9.97 Å². The normalized spacial score (nSPS) is 11.2. The molecule has 0 spiro atoms. The van der Waals surface area contributed by atoms with Gasteiger partial charge in [0.25, 0.3) is 0 Å². The molecule has 0 bridgehead atoms. The lowest BCUT2D eigenvalue weighted by atomic mass is 9.97. The van der Waals surface area contributed by atoms with Crippen LogP contribution in [-0.4, -0.2) is 9.97 Å². The zero-order valence-electron chi connectivity index (χ0n) is 14.5. The number of fused-ring (bicyclic) bond motifs is 1. The Balaban J connectivity index is 2.07. The maximum absolute atomic E-state index is 4.94. The van der Waals surface area contributed by atoms with Gasteiger partial charge in [-0.1, -0.05) is 92.7 Å². The van der Waals surface area contributed by atoms with E-state index in [9.17, 15) is 0 Å². The van der Waals surface area contributed by atoms with Crippen LogP contribution in [0.4, 0.5) is 0 Å². The smallest absolute Gasteiger partial charge is 0.160 e. The molecule has 2 nitrogen and oxygen atoms in total. The monoisotopic (exact) mass is 324 g/mol. The van der Waals surface area contributed by atoms with Gasteiger partial charge in [0.15, 0.2) is 5.82 Å². The molecule has 1 aromatic heterocycles. The lowest BCUT2D eigenvalue weighted by Gasteiger charge is -2.14. The highest BCUT2D eigenvalue weighted by molar-refractivity contribution is 5.95. The predicted molar refractivity (Wildman–Crippen MR) is 104 cm³/mol. The summed E-state index contributed by atoms with van der Waals surface area (Å²) >= 11 is 0. The molecule has 0 aliphatic heterocycles. The molecule has 0 fully saturated rings. The highest BCUT2D eigenvalue weighted by Crippen LogP contribution is 2.32. The lowest BCUT2D eigenvalue weighted by Crippen LogP contribution is -1.99. The van der Waals surface area contributed by atoms with Gasteiger partial charge in [0.1, 0.15) is 0 Å². The number of nitrogens with zero attached hydrogens (tertiary/aromatic N) is 2. The molecule has 0 saturated heterocycles. The topological polar surface area (TPSA) is 25.8 Å². The Morgan fingerprint density at radius 2 is 1.28 bits per heavy atom. The third kappa shape index (κ3) is 2.91. The van der Waals surface area contributed by atoms with Crippen molar-refractivity contribution >= 4 is 10.9 Å². The van der Waals surface area contributed by atoms with Gasteiger partial charge in [-0.15, -0.1) is 0 Å². The molecule has 1 heterocycles. The summed E-state index contributed by atoms with van der Waals surface area (Å²) in [5, 5.41) is 1.11. The summed E-state index contributed by atoms with van der Waals surface area (Å²) in [5.74, 6) is 1.19. The van der Waals surface area contributed by atoms with Gasteiger partial charge in [0, 0.05) is 16.5 Å². The summed E-state index contributed by atoms with van der Waals surface area (Å²) in [6.45, 7) is 4.42. The zero-order valence-corrected chi connectivity index (χ0v) is 14.5. The molecule has 0 aliphatic rings. The van der Waals surface area contributed by atoms with E-state index in [-0.39, 0.29) is 0 Å².